The fraction of sp³-hybridized carbons (Fsp3) is 0.278. The molecule has 0 saturated heterocycles. The molecule has 0 aliphatic rings. The van der Waals surface area contributed by atoms with Crippen molar-refractivity contribution in [3.05, 3.63) is 59.7 Å². The van der Waals surface area contributed by atoms with E-state index in [-0.39, 0.29) is 0 Å². The molecule has 2 rings (SSSR count). The molecular formula is C18H24N4O2. The summed E-state index contributed by atoms with van der Waals surface area (Å²) in [5.74, 6) is 13.6. The number of hydrogen-bond acceptors (Lipinski definition) is 5. The van der Waals surface area contributed by atoms with Gasteiger partial charge in [0, 0.05) is 18.5 Å². The van der Waals surface area contributed by atoms with Gasteiger partial charge in [-0.05, 0) is 18.1 Å². The summed E-state index contributed by atoms with van der Waals surface area (Å²) in [4.78, 5) is 0. The van der Waals surface area contributed by atoms with Gasteiger partial charge in [-0.3, -0.25) is 5.01 Å². The van der Waals surface area contributed by atoms with Gasteiger partial charge in [-0.15, -0.1) is 0 Å². The molecule has 0 amide bonds. The van der Waals surface area contributed by atoms with E-state index in [1.54, 1.807) is 19.2 Å². The molecule has 2 aromatic rings. The summed E-state index contributed by atoms with van der Waals surface area (Å²) in [6.07, 6.45) is 1.27. The monoisotopic (exact) mass is 328 g/mol. The van der Waals surface area contributed by atoms with Crippen LogP contribution in [-0.2, 0) is 12.8 Å². The summed E-state index contributed by atoms with van der Waals surface area (Å²) in [5.41, 5.74) is 2.12. The van der Waals surface area contributed by atoms with Gasteiger partial charge in [-0.1, -0.05) is 42.5 Å². The van der Waals surface area contributed by atoms with E-state index in [4.69, 9.17) is 21.2 Å². The SMILES string of the molecule is COc1cccc(C/C(=N/N)N(N)CCc2ccccc2)c1OC. The summed E-state index contributed by atoms with van der Waals surface area (Å²) in [5, 5.41) is 5.42. The highest BCUT2D eigenvalue weighted by atomic mass is 16.5. The van der Waals surface area contributed by atoms with E-state index in [1.807, 2.05) is 36.4 Å². The van der Waals surface area contributed by atoms with Gasteiger partial charge in [-0.25, -0.2) is 5.84 Å². The number of ether oxygens (including phenoxy) is 2. The van der Waals surface area contributed by atoms with Crippen molar-refractivity contribution >= 4 is 5.84 Å². The lowest BCUT2D eigenvalue weighted by atomic mass is 10.1. The van der Waals surface area contributed by atoms with Crippen molar-refractivity contribution in [2.45, 2.75) is 12.8 Å². The van der Waals surface area contributed by atoms with Gasteiger partial charge in [0.1, 0.15) is 5.84 Å². The Hall–Kier alpha value is -2.73. The lowest BCUT2D eigenvalue weighted by Gasteiger charge is -2.21. The van der Waals surface area contributed by atoms with Crippen LogP contribution in [0.3, 0.4) is 0 Å². The van der Waals surface area contributed by atoms with Crippen LogP contribution in [0.5, 0.6) is 11.5 Å². The predicted octanol–water partition coefficient (Wildman–Crippen LogP) is 1.94. The number of para-hydroxylation sites is 1. The van der Waals surface area contributed by atoms with E-state index >= 15 is 0 Å². The molecule has 0 fully saturated rings. The molecule has 0 atom stereocenters. The quantitative estimate of drug-likeness (QED) is 0.351. The van der Waals surface area contributed by atoms with E-state index in [2.05, 4.69) is 17.2 Å². The van der Waals surface area contributed by atoms with Gasteiger partial charge in [-0.2, -0.15) is 5.10 Å². The van der Waals surface area contributed by atoms with E-state index in [1.165, 1.54) is 5.56 Å². The van der Waals surface area contributed by atoms with Gasteiger partial charge in [0.25, 0.3) is 0 Å². The van der Waals surface area contributed by atoms with E-state index in [9.17, 15) is 0 Å². The second-order valence-corrected chi connectivity index (χ2v) is 5.30. The molecule has 0 saturated carbocycles. The third-order valence-electron chi connectivity index (χ3n) is 3.80. The first kappa shape index (κ1) is 17.6. The fourth-order valence-electron chi connectivity index (χ4n) is 2.51. The van der Waals surface area contributed by atoms with Crippen molar-refractivity contribution in [3.63, 3.8) is 0 Å². The van der Waals surface area contributed by atoms with Gasteiger partial charge in [0.05, 0.1) is 14.2 Å². The first-order valence-corrected chi connectivity index (χ1v) is 7.72. The molecule has 0 aliphatic carbocycles. The average Bonchev–Trinajstić information content (AvgIpc) is 2.64. The first-order chi connectivity index (χ1) is 11.7. The molecule has 0 unspecified atom stereocenters. The Kier molecular flexibility index (Phi) is 6.45. The zero-order valence-corrected chi connectivity index (χ0v) is 14.1. The lowest BCUT2D eigenvalue weighted by molar-refractivity contribution is 0.352. The molecule has 0 spiro atoms. The second kappa shape index (κ2) is 8.79. The van der Waals surface area contributed by atoms with Crippen molar-refractivity contribution in [2.24, 2.45) is 16.8 Å². The van der Waals surface area contributed by atoms with E-state index in [0.29, 0.717) is 30.3 Å². The topological polar surface area (TPSA) is 86.1 Å². The minimum absolute atomic E-state index is 0.460. The number of nitrogens with two attached hydrogens (primary N) is 2. The number of amidine groups is 1. The second-order valence-electron chi connectivity index (χ2n) is 5.30. The van der Waals surface area contributed by atoms with E-state index < -0.39 is 0 Å². The van der Waals surface area contributed by atoms with Crippen molar-refractivity contribution in [2.75, 3.05) is 20.8 Å². The Labute approximate surface area is 142 Å². The largest absolute Gasteiger partial charge is 0.493 e. The molecule has 24 heavy (non-hydrogen) atoms. The Bertz CT molecular complexity index is 674. The number of nitrogens with zero attached hydrogens (tertiary/aromatic N) is 2. The molecule has 0 bridgehead atoms. The summed E-state index contributed by atoms with van der Waals surface area (Å²) < 4.78 is 10.8. The third-order valence-corrected chi connectivity index (χ3v) is 3.80. The van der Waals surface area contributed by atoms with Crippen LogP contribution in [0, 0.1) is 0 Å². The Morgan fingerprint density at radius 2 is 1.79 bits per heavy atom. The van der Waals surface area contributed by atoms with Crippen LogP contribution in [0.25, 0.3) is 0 Å². The van der Waals surface area contributed by atoms with Crippen LogP contribution in [0.4, 0.5) is 0 Å². The Morgan fingerprint density at radius 3 is 2.42 bits per heavy atom. The summed E-state index contributed by atoms with van der Waals surface area (Å²) in [7, 11) is 3.21. The van der Waals surface area contributed by atoms with Gasteiger partial charge < -0.3 is 15.3 Å². The maximum atomic E-state index is 6.14. The molecule has 0 radical (unpaired) electrons. The first-order valence-electron chi connectivity index (χ1n) is 7.72. The van der Waals surface area contributed by atoms with Crippen molar-refractivity contribution in [1.29, 1.82) is 0 Å². The van der Waals surface area contributed by atoms with Crippen molar-refractivity contribution in [1.82, 2.24) is 5.01 Å². The number of hydrazine groups is 1. The van der Waals surface area contributed by atoms with Gasteiger partial charge >= 0.3 is 0 Å². The van der Waals surface area contributed by atoms with Crippen molar-refractivity contribution < 1.29 is 9.47 Å². The molecule has 0 aliphatic heterocycles. The smallest absolute Gasteiger partial charge is 0.164 e. The molecule has 4 N–H and O–H groups in total. The minimum atomic E-state index is 0.460. The van der Waals surface area contributed by atoms with Crippen LogP contribution in [0.2, 0.25) is 0 Å². The molecule has 0 aromatic heterocycles. The summed E-state index contributed by atoms with van der Waals surface area (Å²) in [6.45, 7) is 0.617. The standard InChI is InChI=1S/C18H24N4O2/c1-23-16-10-6-9-15(18(16)24-2)13-17(21-19)22(20)12-11-14-7-4-3-5-8-14/h3-10H,11-13,19-20H2,1-2H3/b21-17-. The molecule has 6 nitrogen and oxygen atoms in total. The number of hydrazone groups is 1. The number of rotatable bonds is 7. The molecular weight excluding hydrogens is 304 g/mol. The van der Waals surface area contributed by atoms with Crippen molar-refractivity contribution in [3.8, 4) is 11.5 Å². The maximum absolute atomic E-state index is 6.14. The van der Waals surface area contributed by atoms with Crippen LogP contribution in [0.1, 0.15) is 11.1 Å². The van der Waals surface area contributed by atoms with Crippen LogP contribution in [-0.4, -0.2) is 31.6 Å². The normalized spacial score (nSPS) is 11.2. The molecule has 0 heterocycles. The highest BCUT2D eigenvalue weighted by Gasteiger charge is 2.15. The Balaban J connectivity index is 2.06. The molecule has 6 heteroatoms. The average molecular weight is 328 g/mol. The zero-order valence-electron chi connectivity index (χ0n) is 14.1. The minimum Gasteiger partial charge on any atom is -0.493 e. The predicted molar refractivity (Wildman–Crippen MR) is 95.9 cm³/mol. The fourth-order valence-corrected chi connectivity index (χ4v) is 2.51. The highest BCUT2D eigenvalue weighted by molar-refractivity contribution is 5.84. The van der Waals surface area contributed by atoms with E-state index in [0.717, 1.165) is 12.0 Å². The zero-order chi connectivity index (χ0) is 17.4. The summed E-state index contributed by atoms with van der Waals surface area (Å²) in [6, 6.07) is 15.8. The summed E-state index contributed by atoms with van der Waals surface area (Å²) >= 11 is 0. The van der Waals surface area contributed by atoms with Gasteiger partial charge in [0.15, 0.2) is 11.5 Å². The number of benzene rings is 2. The van der Waals surface area contributed by atoms with Crippen LogP contribution < -0.4 is 21.2 Å². The van der Waals surface area contributed by atoms with Crippen LogP contribution >= 0.6 is 0 Å². The maximum Gasteiger partial charge on any atom is 0.164 e. The lowest BCUT2D eigenvalue weighted by Crippen LogP contribution is -2.40. The van der Waals surface area contributed by atoms with Crippen LogP contribution in [0.15, 0.2) is 53.6 Å². The highest BCUT2D eigenvalue weighted by Crippen LogP contribution is 2.31. The molecule has 2 aromatic carbocycles. The third kappa shape index (κ3) is 4.39. The molecule has 128 valence electrons. The van der Waals surface area contributed by atoms with Gasteiger partial charge in [0.2, 0.25) is 0 Å². The number of methoxy groups -OCH3 is 2. The Morgan fingerprint density at radius 1 is 1.04 bits per heavy atom. The number of hydrogen-bond donors (Lipinski definition) is 2.